The van der Waals surface area contributed by atoms with Crippen LogP contribution < -0.4 is 16.0 Å². The summed E-state index contributed by atoms with van der Waals surface area (Å²) in [4.78, 5) is 17.5. The Labute approximate surface area is 142 Å². The van der Waals surface area contributed by atoms with Gasteiger partial charge in [0, 0.05) is 19.3 Å². The second-order valence-electron chi connectivity index (χ2n) is 6.45. The molecular formula is C17H25N7. The van der Waals surface area contributed by atoms with Gasteiger partial charge in [-0.1, -0.05) is 6.07 Å². The smallest absolute Gasteiger partial charge is 0.160 e. The van der Waals surface area contributed by atoms with E-state index in [1.165, 1.54) is 0 Å². The number of nitrogens with zero attached hydrogens (tertiary/aromatic N) is 5. The van der Waals surface area contributed by atoms with Crippen molar-refractivity contribution in [1.82, 2.24) is 19.9 Å². The zero-order valence-corrected chi connectivity index (χ0v) is 14.5. The molecule has 0 bridgehead atoms. The van der Waals surface area contributed by atoms with Crippen LogP contribution in [0.2, 0.25) is 0 Å². The number of nitrogens with one attached hydrogen (secondary N) is 1. The number of pyridine rings is 1. The first kappa shape index (κ1) is 16.4. The Kier molecular flexibility index (Phi) is 4.80. The van der Waals surface area contributed by atoms with Crippen LogP contribution in [-0.4, -0.2) is 53.1 Å². The van der Waals surface area contributed by atoms with E-state index in [9.17, 15) is 0 Å². The molecule has 0 aliphatic carbocycles. The van der Waals surface area contributed by atoms with Crippen LogP contribution in [0.4, 0.5) is 23.1 Å². The molecule has 1 aliphatic rings. The average Bonchev–Trinajstić information content (AvgIpc) is 2.59. The lowest BCUT2D eigenvalue weighted by molar-refractivity contribution is 0.252. The van der Waals surface area contributed by atoms with Crippen molar-refractivity contribution in [3.8, 4) is 0 Å². The monoisotopic (exact) mass is 327 g/mol. The van der Waals surface area contributed by atoms with Crippen molar-refractivity contribution in [2.75, 3.05) is 43.1 Å². The maximum Gasteiger partial charge on any atom is 0.160 e. The molecule has 0 atom stereocenters. The van der Waals surface area contributed by atoms with Gasteiger partial charge in [-0.2, -0.15) is 0 Å². The molecule has 24 heavy (non-hydrogen) atoms. The molecule has 3 heterocycles. The summed E-state index contributed by atoms with van der Waals surface area (Å²) < 4.78 is 0. The van der Waals surface area contributed by atoms with Gasteiger partial charge in [-0.3, -0.25) is 0 Å². The molecule has 2 aromatic heterocycles. The lowest BCUT2D eigenvalue weighted by Crippen LogP contribution is -2.42. The molecule has 3 rings (SSSR count). The number of aromatic nitrogens is 3. The number of hydrogen-bond acceptors (Lipinski definition) is 7. The standard InChI is InChI=1S/C17H25N7/c1-12-4-5-14(19-10-12)22-16-15(18)17(21-11-20-16)24(3)13-6-8-23(2)9-7-13/h4-5,10-11,13H,6-9,18H2,1-3H3,(H,19,20,21,22). The third-order valence-corrected chi connectivity index (χ3v) is 4.59. The second kappa shape index (κ2) is 7.00. The summed E-state index contributed by atoms with van der Waals surface area (Å²) >= 11 is 0. The van der Waals surface area contributed by atoms with Crippen LogP contribution in [0, 0.1) is 6.92 Å². The Bertz CT molecular complexity index is 678. The number of nitrogens with two attached hydrogens (primary N) is 1. The van der Waals surface area contributed by atoms with E-state index in [0.717, 1.165) is 43.1 Å². The third kappa shape index (κ3) is 3.56. The predicted octanol–water partition coefficient (Wildman–Crippen LogP) is 2.04. The number of hydrogen-bond donors (Lipinski definition) is 2. The maximum absolute atomic E-state index is 6.33. The Morgan fingerprint density at radius 2 is 1.96 bits per heavy atom. The molecule has 7 heteroatoms. The number of aryl methyl sites for hydroxylation is 1. The zero-order valence-electron chi connectivity index (χ0n) is 14.5. The maximum atomic E-state index is 6.33. The predicted molar refractivity (Wildman–Crippen MR) is 97.6 cm³/mol. The molecule has 1 aliphatic heterocycles. The van der Waals surface area contributed by atoms with Crippen molar-refractivity contribution in [3.63, 3.8) is 0 Å². The SMILES string of the molecule is Cc1ccc(Nc2ncnc(N(C)C3CCN(C)CC3)c2N)nc1. The van der Waals surface area contributed by atoms with Crippen molar-refractivity contribution < 1.29 is 0 Å². The minimum atomic E-state index is 0.448. The molecule has 1 saturated heterocycles. The topological polar surface area (TPSA) is 83.2 Å². The van der Waals surface area contributed by atoms with Crippen molar-refractivity contribution in [3.05, 3.63) is 30.2 Å². The summed E-state index contributed by atoms with van der Waals surface area (Å²) in [6.07, 6.45) is 5.58. The van der Waals surface area contributed by atoms with Crippen molar-refractivity contribution in [2.24, 2.45) is 0 Å². The highest BCUT2D eigenvalue weighted by Crippen LogP contribution is 2.30. The van der Waals surface area contributed by atoms with Crippen molar-refractivity contribution in [2.45, 2.75) is 25.8 Å². The van der Waals surface area contributed by atoms with Gasteiger partial charge in [0.15, 0.2) is 11.6 Å². The molecule has 0 unspecified atom stereocenters. The summed E-state index contributed by atoms with van der Waals surface area (Å²) in [6, 6.07) is 4.36. The van der Waals surface area contributed by atoms with E-state index in [2.05, 4.69) is 44.2 Å². The van der Waals surface area contributed by atoms with Crippen LogP contribution in [0.5, 0.6) is 0 Å². The minimum absolute atomic E-state index is 0.448. The highest BCUT2D eigenvalue weighted by Gasteiger charge is 2.23. The Hall–Kier alpha value is -2.41. The molecule has 1 fully saturated rings. The van der Waals surface area contributed by atoms with Gasteiger partial charge in [0.1, 0.15) is 17.8 Å². The molecule has 0 saturated carbocycles. The summed E-state index contributed by atoms with van der Waals surface area (Å²) in [5, 5.41) is 3.18. The average molecular weight is 327 g/mol. The van der Waals surface area contributed by atoms with Crippen LogP contribution in [-0.2, 0) is 0 Å². The summed E-state index contributed by atoms with van der Waals surface area (Å²) in [5.41, 5.74) is 8.00. The number of likely N-dealkylation sites (tertiary alicyclic amines) is 1. The van der Waals surface area contributed by atoms with E-state index in [4.69, 9.17) is 5.73 Å². The number of nitrogen functional groups attached to an aromatic ring is 1. The van der Waals surface area contributed by atoms with Crippen LogP contribution in [0.15, 0.2) is 24.7 Å². The molecule has 0 amide bonds. The van der Waals surface area contributed by atoms with Crippen LogP contribution in [0.3, 0.4) is 0 Å². The van der Waals surface area contributed by atoms with Gasteiger partial charge >= 0.3 is 0 Å². The number of anilines is 4. The molecule has 2 aromatic rings. The van der Waals surface area contributed by atoms with E-state index in [0.29, 0.717) is 17.5 Å². The van der Waals surface area contributed by atoms with Gasteiger partial charge in [-0.15, -0.1) is 0 Å². The Morgan fingerprint density at radius 3 is 2.62 bits per heavy atom. The normalized spacial score (nSPS) is 16.1. The molecule has 0 aromatic carbocycles. The van der Waals surface area contributed by atoms with Gasteiger partial charge in [0.25, 0.3) is 0 Å². The Balaban J connectivity index is 1.78. The fourth-order valence-electron chi connectivity index (χ4n) is 2.99. The molecular weight excluding hydrogens is 302 g/mol. The lowest BCUT2D eigenvalue weighted by atomic mass is 10.0. The fourth-order valence-corrected chi connectivity index (χ4v) is 2.99. The molecule has 0 spiro atoms. The van der Waals surface area contributed by atoms with Crippen molar-refractivity contribution >= 4 is 23.1 Å². The quantitative estimate of drug-likeness (QED) is 0.889. The zero-order chi connectivity index (χ0) is 17.1. The first-order valence-corrected chi connectivity index (χ1v) is 8.26. The van der Waals surface area contributed by atoms with Gasteiger partial charge < -0.3 is 20.9 Å². The van der Waals surface area contributed by atoms with Gasteiger partial charge in [-0.05, 0) is 51.5 Å². The van der Waals surface area contributed by atoms with Crippen molar-refractivity contribution in [1.29, 1.82) is 0 Å². The van der Waals surface area contributed by atoms with Crippen LogP contribution >= 0.6 is 0 Å². The van der Waals surface area contributed by atoms with E-state index < -0.39 is 0 Å². The number of piperidine rings is 1. The molecule has 0 radical (unpaired) electrons. The van der Waals surface area contributed by atoms with E-state index in [-0.39, 0.29) is 0 Å². The number of rotatable bonds is 4. The fraction of sp³-hybridized carbons (Fsp3) is 0.471. The minimum Gasteiger partial charge on any atom is -0.393 e. The van der Waals surface area contributed by atoms with E-state index >= 15 is 0 Å². The largest absolute Gasteiger partial charge is 0.393 e. The van der Waals surface area contributed by atoms with Crippen LogP contribution in [0.1, 0.15) is 18.4 Å². The van der Waals surface area contributed by atoms with Gasteiger partial charge in [0.05, 0.1) is 0 Å². The highest BCUT2D eigenvalue weighted by molar-refractivity contribution is 5.77. The van der Waals surface area contributed by atoms with Crippen LogP contribution in [0.25, 0.3) is 0 Å². The first-order chi connectivity index (χ1) is 11.5. The van der Waals surface area contributed by atoms with Gasteiger partial charge in [0.2, 0.25) is 0 Å². The third-order valence-electron chi connectivity index (χ3n) is 4.59. The highest BCUT2D eigenvalue weighted by atomic mass is 15.2. The molecule has 128 valence electrons. The lowest BCUT2D eigenvalue weighted by Gasteiger charge is -2.36. The molecule has 7 nitrogen and oxygen atoms in total. The first-order valence-electron chi connectivity index (χ1n) is 8.26. The summed E-state index contributed by atoms with van der Waals surface area (Å²) in [5.74, 6) is 2.09. The van der Waals surface area contributed by atoms with E-state index in [1.807, 2.05) is 25.3 Å². The summed E-state index contributed by atoms with van der Waals surface area (Å²) in [7, 11) is 4.22. The second-order valence-corrected chi connectivity index (χ2v) is 6.45. The van der Waals surface area contributed by atoms with E-state index in [1.54, 1.807) is 6.33 Å². The van der Waals surface area contributed by atoms with Gasteiger partial charge in [-0.25, -0.2) is 15.0 Å². The summed E-state index contributed by atoms with van der Waals surface area (Å²) in [6.45, 7) is 4.20. The Morgan fingerprint density at radius 1 is 1.21 bits per heavy atom. The molecule has 3 N–H and O–H groups in total.